The van der Waals surface area contributed by atoms with Crippen LogP contribution < -0.4 is 0 Å². The van der Waals surface area contributed by atoms with Gasteiger partial charge in [0.1, 0.15) is 0 Å². The first kappa shape index (κ1) is 11.0. The summed E-state index contributed by atoms with van der Waals surface area (Å²) in [4.78, 5) is 0. The predicted molar refractivity (Wildman–Crippen MR) is 27.8 cm³/mol. The van der Waals surface area contributed by atoms with Gasteiger partial charge in [-0.3, -0.25) is 0 Å². The van der Waals surface area contributed by atoms with E-state index in [2.05, 4.69) is 0 Å². The SMILES string of the molecule is CC(C)CO.[Cl][Hf]. The van der Waals surface area contributed by atoms with Crippen LogP contribution in [0.5, 0.6) is 0 Å². The molecule has 0 aliphatic rings. The number of hydrogen-bond donors (Lipinski definition) is 1. The zero-order chi connectivity index (χ0) is 6.28. The molecule has 0 spiro atoms. The van der Waals surface area contributed by atoms with Gasteiger partial charge in [0, 0.05) is 6.61 Å². The number of halogens is 1. The summed E-state index contributed by atoms with van der Waals surface area (Å²) in [5, 5.41) is 8.14. The molecule has 1 nitrogen and oxygen atoms in total. The molecule has 0 aromatic heterocycles. The molecule has 0 aliphatic carbocycles. The van der Waals surface area contributed by atoms with Crippen LogP contribution >= 0.6 is 8.58 Å². The quantitative estimate of drug-likeness (QED) is 0.722. The third-order valence-electron chi connectivity index (χ3n) is 0.365. The summed E-state index contributed by atoms with van der Waals surface area (Å²) in [6.07, 6.45) is 0. The van der Waals surface area contributed by atoms with Crippen LogP contribution in [0.4, 0.5) is 0 Å². The van der Waals surface area contributed by atoms with Gasteiger partial charge in [-0.05, 0) is 5.92 Å². The Morgan fingerprint density at radius 3 is 1.71 bits per heavy atom. The predicted octanol–water partition coefficient (Wildman–Crippen LogP) is 1.32. The van der Waals surface area contributed by atoms with Crippen LogP contribution in [0.25, 0.3) is 0 Å². The Morgan fingerprint density at radius 1 is 1.57 bits per heavy atom. The molecule has 0 atom stereocenters. The molecule has 0 rings (SSSR count). The molecule has 0 saturated heterocycles. The van der Waals surface area contributed by atoms with Gasteiger partial charge >= 0.3 is 31.8 Å². The maximum atomic E-state index is 8.14. The standard InChI is InChI=1S/C4H10O.ClH.Hf/c1-4(2)3-5;;/h4-5H,3H2,1-2H3;1H;/q;;+1/p-1. The van der Waals surface area contributed by atoms with E-state index in [9.17, 15) is 0 Å². The molecule has 1 N–H and O–H groups in total. The van der Waals surface area contributed by atoms with E-state index in [0.29, 0.717) is 12.5 Å². The zero-order valence-corrected chi connectivity index (χ0v) is 8.96. The van der Waals surface area contributed by atoms with E-state index in [0.717, 1.165) is 23.2 Å². The Morgan fingerprint density at radius 2 is 1.71 bits per heavy atom. The summed E-state index contributed by atoms with van der Waals surface area (Å²) >= 11 is 0.778. The fraction of sp³-hybridized carbons (Fsp3) is 1.00. The van der Waals surface area contributed by atoms with E-state index in [1.165, 1.54) is 0 Å². The van der Waals surface area contributed by atoms with E-state index in [1.807, 2.05) is 13.8 Å². The Balaban J connectivity index is 0. The van der Waals surface area contributed by atoms with Crippen molar-refractivity contribution in [3.63, 3.8) is 0 Å². The van der Waals surface area contributed by atoms with Crippen molar-refractivity contribution in [1.82, 2.24) is 0 Å². The van der Waals surface area contributed by atoms with Gasteiger partial charge in [0.05, 0.1) is 0 Å². The summed E-state index contributed by atoms with van der Waals surface area (Å²) in [5.41, 5.74) is 0. The molecule has 0 aromatic carbocycles. The number of aliphatic hydroxyl groups excluding tert-OH is 1. The van der Waals surface area contributed by atoms with E-state index >= 15 is 0 Å². The van der Waals surface area contributed by atoms with Crippen LogP contribution in [0.2, 0.25) is 0 Å². The molecule has 0 fully saturated rings. The second-order valence-corrected chi connectivity index (χ2v) is 1.58. The van der Waals surface area contributed by atoms with Crippen LogP contribution in [-0.4, -0.2) is 11.7 Å². The monoisotopic (exact) mass is 289 g/mol. The van der Waals surface area contributed by atoms with Gasteiger partial charge in [-0.15, -0.1) is 0 Å². The maximum absolute atomic E-state index is 8.14. The molecule has 7 heavy (non-hydrogen) atoms. The molecular formula is C4H10ClHfO. The first-order chi connectivity index (χ1) is 3.27. The van der Waals surface area contributed by atoms with Crippen LogP contribution in [0.15, 0.2) is 0 Å². The second-order valence-electron chi connectivity index (χ2n) is 1.58. The first-order valence-corrected chi connectivity index (χ1v) is 6.52. The van der Waals surface area contributed by atoms with E-state index in [1.54, 1.807) is 0 Å². The van der Waals surface area contributed by atoms with Crippen LogP contribution in [0.1, 0.15) is 13.8 Å². The number of rotatable bonds is 1. The van der Waals surface area contributed by atoms with Crippen molar-refractivity contribution in [2.45, 2.75) is 13.8 Å². The van der Waals surface area contributed by atoms with Gasteiger partial charge in [0.2, 0.25) is 0 Å². The van der Waals surface area contributed by atoms with E-state index in [4.69, 9.17) is 13.7 Å². The molecule has 0 aromatic rings. The molecule has 43 valence electrons. The van der Waals surface area contributed by atoms with Crippen molar-refractivity contribution in [3.05, 3.63) is 0 Å². The molecule has 0 amide bonds. The molecule has 0 aliphatic heterocycles. The third-order valence-corrected chi connectivity index (χ3v) is 0.365. The Kier molecular flexibility index (Phi) is 16.0. The van der Waals surface area contributed by atoms with Crippen molar-refractivity contribution >= 4 is 8.58 Å². The van der Waals surface area contributed by atoms with Crippen LogP contribution in [0.3, 0.4) is 0 Å². The minimum absolute atomic E-state index is 0.306. The van der Waals surface area contributed by atoms with Crippen molar-refractivity contribution in [2.75, 3.05) is 6.61 Å². The van der Waals surface area contributed by atoms with Crippen molar-refractivity contribution in [1.29, 1.82) is 0 Å². The Bertz CT molecular complexity index is 25.7. The molecule has 0 heterocycles. The molecule has 0 saturated carbocycles. The average Bonchev–Trinajstić information content (AvgIpc) is 1.73. The molecule has 3 heteroatoms. The summed E-state index contributed by atoms with van der Waals surface area (Å²) in [6, 6.07) is 0. The van der Waals surface area contributed by atoms with Gasteiger partial charge in [0.15, 0.2) is 0 Å². The summed E-state index contributed by atoms with van der Waals surface area (Å²) in [5.74, 6) is 0.440. The van der Waals surface area contributed by atoms with Crippen molar-refractivity contribution < 1.29 is 28.3 Å². The van der Waals surface area contributed by atoms with Crippen LogP contribution in [-0.2, 0) is 23.2 Å². The van der Waals surface area contributed by atoms with Crippen molar-refractivity contribution in [3.8, 4) is 0 Å². The number of aliphatic hydroxyl groups is 1. The molecule has 0 bridgehead atoms. The summed E-state index contributed by atoms with van der Waals surface area (Å²) in [7, 11) is 4.78. The molecular weight excluding hydrogens is 278 g/mol. The summed E-state index contributed by atoms with van der Waals surface area (Å²) < 4.78 is 0. The fourth-order valence-corrected chi connectivity index (χ4v) is 0. The average molecular weight is 288 g/mol. The zero-order valence-electron chi connectivity index (χ0n) is 4.61. The van der Waals surface area contributed by atoms with E-state index < -0.39 is 0 Å². The van der Waals surface area contributed by atoms with Crippen LogP contribution in [0, 0.1) is 5.92 Å². The summed E-state index contributed by atoms with van der Waals surface area (Å²) in [6.45, 7) is 4.25. The van der Waals surface area contributed by atoms with Gasteiger partial charge in [-0.25, -0.2) is 0 Å². The van der Waals surface area contributed by atoms with Crippen molar-refractivity contribution in [2.24, 2.45) is 5.92 Å². The first-order valence-electron chi connectivity index (χ1n) is 2.07. The topological polar surface area (TPSA) is 20.2 Å². The third kappa shape index (κ3) is 19.2. The molecule has 0 unspecified atom stereocenters. The van der Waals surface area contributed by atoms with E-state index in [-0.39, 0.29) is 0 Å². The van der Waals surface area contributed by atoms with Gasteiger partial charge < -0.3 is 5.11 Å². The minimum atomic E-state index is 0.306. The molecule has 0 radical (unpaired) electrons. The normalized spacial score (nSPS) is 7.43. The van der Waals surface area contributed by atoms with Gasteiger partial charge in [0.25, 0.3) is 0 Å². The fourth-order valence-electron chi connectivity index (χ4n) is 0. The Labute approximate surface area is 63.2 Å². The Hall–Kier alpha value is 1.12. The van der Waals surface area contributed by atoms with Gasteiger partial charge in [-0.2, -0.15) is 0 Å². The number of hydrogen-bond acceptors (Lipinski definition) is 1. The van der Waals surface area contributed by atoms with Gasteiger partial charge in [-0.1, -0.05) is 13.8 Å². The second kappa shape index (κ2) is 10.2.